The van der Waals surface area contributed by atoms with E-state index < -0.39 is 17.8 Å². The first kappa shape index (κ1) is 22.6. The molecule has 0 aliphatic carbocycles. The molecule has 6 nitrogen and oxygen atoms in total. The molecule has 2 aromatic rings. The van der Waals surface area contributed by atoms with E-state index in [1.54, 1.807) is 30.0 Å². The Morgan fingerprint density at radius 2 is 1.61 bits per heavy atom. The summed E-state index contributed by atoms with van der Waals surface area (Å²) in [6, 6.07) is 10.9. The number of anilines is 1. The van der Waals surface area contributed by atoms with Crippen molar-refractivity contribution in [3.05, 3.63) is 59.7 Å². The zero-order valence-corrected chi connectivity index (χ0v) is 17.3. The Kier molecular flexibility index (Phi) is 6.84. The summed E-state index contributed by atoms with van der Waals surface area (Å²) in [5.74, 6) is 0.0570. The normalized spacial score (nSPS) is 16.0. The van der Waals surface area contributed by atoms with Crippen LogP contribution in [0.1, 0.15) is 22.8 Å². The molecule has 2 aromatic carbocycles. The lowest BCUT2D eigenvalue weighted by Crippen LogP contribution is -2.54. The van der Waals surface area contributed by atoms with Crippen LogP contribution in [-0.4, -0.2) is 60.9 Å². The smallest absolute Gasteiger partial charge is 0.416 e. The molecule has 0 spiro atoms. The maximum absolute atomic E-state index is 12.7. The fourth-order valence-electron chi connectivity index (χ4n) is 3.45. The van der Waals surface area contributed by atoms with E-state index in [0.717, 1.165) is 12.1 Å². The summed E-state index contributed by atoms with van der Waals surface area (Å²) in [6.07, 6.45) is -4.44. The second-order valence-electron chi connectivity index (χ2n) is 7.27. The number of benzene rings is 2. The van der Waals surface area contributed by atoms with Crippen molar-refractivity contribution < 1.29 is 27.5 Å². The Labute approximate surface area is 178 Å². The highest BCUT2D eigenvalue weighted by molar-refractivity contribution is 5.96. The Hall–Kier alpha value is -3.07. The van der Waals surface area contributed by atoms with Crippen molar-refractivity contribution in [1.82, 2.24) is 9.80 Å². The van der Waals surface area contributed by atoms with Crippen LogP contribution >= 0.6 is 0 Å². The van der Waals surface area contributed by atoms with Crippen molar-refractivity contribution in [3.8, 4) is 5.75 Å². The molecular weight excluding hydrogens is 411 g/mol. The topological polar surface area (TPSA) is 61.9 Å². The van der Waals surface area contributed by atoms with Crippen LogP contribution in [-0.2, 0) is 11.0 Å². The number of para-hydroxylation sites is 2. The number of nitrogens with zero attached hydrogens (tertiary/aromatic N) is 2. The summed E-state index contributed by atoms with van der Waals surface area (Å²) in [4.78, 5) is 28.8. The molecule has 1 saturated heterocycles. The number of hydrogen-bond acceptors (Lipinski definition) is 4. The molecule has 1 unspecified atom stereocenters. The average Bonchev–Trinajstić information content (AvgIpc) is 2.78. The van der Waals surface area contributed by atoms with Crippen LogP contribution < -0.4 is 10.1 Å². The largest absolute Gasteiger partial charge is 0.495 e. The number of methoxy groups -OCH3 is 1. The van der Waals surface area contributed by atoms with Crippen molar-refractivity contribution >= 4 is 17.5 Å². The SMILES string of the molecule is COc1ccccc1NC(=O)C(C)N1CCN(C(=O)c2ccc(C(F)(F)F)cc2)CC1. The van der Waals surface area contributed by atoms with Crippen molar-refractivity contribution in [2.45, 2.75) is 19.1 Å². The third kappa shape index (κ3) is 5.35. The van der Waals surface area contributed by atoms with E-state index in [1.807, 2.05) is 11.0 Å². The molecular formula is C22H24F3N3O3. The van der Waals surface area contributed by atoms with Gasteiger partial charge in [-0.05, 0) is 43.3 Å². The number of carbonyl (C=O) groups excluding carboxylic acids is 2. The van der Waals surface area contributed by atoms with Gasteiger partial charge in [-0.15, -0.1) is 0 Å². The van der Waals surface area contributed by atoms with Gasteiger partial charge in [0.15, 0.2) is 0 Å². The van der Waals surface area contributed by atoms with E-state index in [9.17, 15) is 22.8 Å². The lowest BCUT2D eigenvalue weighted by atomic mass is 10.1. The molecule has 0 aromatic heterocycles. The molecule has 2 amide bonds. The molecule has 9 heteroatoms. The summed E-state index contributed by atoms with van der Waals surface area (Å²) in [5.41, 5.74) is 0.00475. The fraction of sp³-hybridized carbons (Fsp3) is 0.364. The minimum atomic E-state index is -4.44. The number of alkyl halides is 3. The molecule has 1 aliphatic rings. The van der Waals surface area contributed by atoms with Gasteiger partial charge in [0.1, 0.15) is 5.75 Å². The minimum absolute atomic E-state index is 0.188. The molecule has 1 aliphatic heterocycles. The predicted octanol–water partition coefficient (Wildman–Crippen LogP) is 3.50. The zero-order valence-electron chi connectivity index (χ0n) is 17.3. The summed E-state index contributed by atoms with van der Waals surface area (Å²) in [6.45, 7) is 3.51. The van der Waals surface area contributed by atoms with Crippen molar-refractivity contribution in [3.63, 3.8) is 0 Å². The van der Waals surface area contributed by atoms with Crippen molar-refractivity contribution in [2.24, 2.45) is 0 Å². The predicted molar refractivity (Wildman–Crippen MR) is 110 cm³/mol. The van der Waals surface area contributed by atoms with Crippen LogP contribution in [0, 0.1) is 0 Å². The van der Waals surface area contributed by atoms with E-state index in [4.69, 9.17) is 4.74 Å². The molecule has 1 atom stereocenters. The van der Waals surface area contributed by atoms with Crippen molar-refractivity contribution in [2.75, 3.05) is 38.6 Å². The first-order valence-electron chi connectivity index (χ1n) is 9.85. The quantitative estimate of drug-likeness (QED) is 0.781. The van der Waals surface area contributed by atoms with Gasteiger partial charge in [-0.25, -0.2) is 0 Å². The molecule has 3 rings (SSSR count). The van der Waals surface area contributed by atoms with Crippen LogP contribution in [0.2, 0.25) is 0 Å². The van der Waals surface area contributed by atoms with Gasteiger partial charge in [0.2, 0.25) is 5.91 Å². The maximum atomic E-state index is 12.7. The summed E-state index contributed by atoms with van der Waals surface area (Å²) >= 11 is 0. The van der Waals surface area contributed by atoms with E-state index in [2.05, 4.69) is 5.32 Å². The first-order valence-corrected chi connectivity index (χ1v) is 9.85. The van der Waals surface area contributed by atoms with E-state index in [1.165, 1.54) is 19.2 Å². The Morgan fingerprint density at radius 1 is 1.00 bits per heavy atom. The maximum Gasteiger partial charge on any atom is 0.416 e. The minimum Gasteiger partial charge on any atom is -0.495 e. The number of carbonyl (C=O) groups is 2. The van der Waals surface area contributed by atoms with E-state index in [-0.39, 0.29) is 17.4 Å². The summed E-state index contributed by atoms with van der Waals surface area (Å²) < 4.78 is 43.3. The Morgan fingerprint density at radius 3 is 2.19 bits per heavy atom. The Bertz CT molecular complexity index is 924. The molecule has 31 heavy (non-hydrogen) atoms. The van der Waals surface area contributed by atoms with Gasteiger partial charge in [-0.3, -0.25) is 14.5 Å². The number of hydrogen-bond donors (Lipinski definition) is 1. The fourth-order valence-corrected chi connectivity index (χ4v) is 3.45. The molecule has 1 fully saturated rings. The van der Waals surface area contributed by atoms with Gasteiger partial charge < -0.3 is 15.0 Å². The molecule has 1 heterocycles. The summed E-state index contributed by atoms with van der Waals surface area (Å²) in [5, 5.41) is 2.86. The molecule has 166 valence electrons. The van der Waals surface area contributed by atoms with Gasteiger partial charge in [0.05, 0.1) is 24.4 Å². The molecule has 0 bridgehead atoms. The number of piperazine rings is 1. The van der Waals surface area contributed by atoms with Crippen LogP contribution in [0.3, 0.4) is 0 Å². The lowest BCUT2D eigenvalue weighted by molar-refractivity contribution is -0.137. The number of amides is 2. The highest BCUT2D eigenvalue weighted by atomic mass is 19.4. The van der Waals surface area contributed by atoms with Gasteiger partial charge in [0, 0.05) is 31.7 Å². The number of ether oxygens (including phenoxy) is 1. The van der Waals surface area contributed by atoms with Gasteiger partial charge in [-0.1, -0.05) is 12.1 Å². The van der Waals surface area contributed by atoms with Crippen LogP contribution in [0.4, 0.5) is 18.9 Å². The van der Waals surface area contributed by atoms with Crippen LogP contribution in [0.5, 0.6) is 5.75 Å². The van der Waals surface area contributed by atoms with Gasteiger partial charge in [-0.2, -0.15) is 13.2 Å². The Balaban J connectivity index is 1.56. The van der Waals surface area contributed by atoms with Crippen LogP contribution in [0.15, 0.2) is 48.5 Å². The number of nitrogens with one attached hydrogen (secondary N) is 1. The second-order valence-corrected chi connectivity index (χ2v) is 7.27. The first-order chi connectivity index (χ1) is 14.7. The standard InChI is InChI=1S/C22H24F3N3O3/c1-15(20(29)26-18-5-3-4-6-19(18)31-2)27-11-13-28(14-12-27)21(30)16-7-9-17(10-8-16)22(23,24)25/h3-10,15H,11-14H2,1-2H3,(H,26,29). The van der Waals surface area contributed by atoms with E-state index in [0.29, 0.717) is 37.6 Å². The van der Waals surface area contributed by atoms with E-state index >= 15 is 0 Å². The molecule has 0 saturated carbocycles. The monoisotopic (exact) mass is 435 g/mol. The highest BCUT2D eigenvalue weighted by Crippen LogP contribution is 2.29. The third-order valence-electron chi connectivity index (χ3n) is 5.35. The summed E-state index contributed by atoms with van der Waals surface area (Å²) in [7, 11) is 1.53. The lowest BCUT2D eigenvalue weighted by Gasteiger charge is -2.37. The number of rotatable bonds is 5. The van der Waals surface area contributed by atoms with Gasteiger partial charge >= 0.3 is 6.18 Å². The third-order valence-corrected chi connectivity index (χ3v) is 5.35. The zero-order chi connectivity index (χ0) is 22.6. The molecule has 0 radical (unpaired) electrons. The second kappa shape index (κ2) is 9.38. The average molecular weight is 435 g/mol. The van der Waals surface area contributed by atoms with Gasteiger partial charge in [0.25, 0.3) is 5.91 Å². The van der Waals surface area contributed by atoms with Crippen molar-refractivity contribution in [1.29, 1.82) is 0 Å². The molecule has 1 N–H and O–H groups in total. The van der Waals surface area contributed by atoms with Crippen LogP contribution in [0.25, 0.3) is 0 Å². The highest BCUT2D eigenvalue weighted by Gasteiger charge is 2.31. The number of halogens is 3.